The summed E-state index contributed by atoms with van der Waals surface area (Å²) in [5.41, 5.74) is 1.16. The van der Waals surface area contributed by atoms with Crippen LogP contribution >= 0.6 is 11.3 Å². The number of piperazine rings is 1. The van der Waals surface area contributed by atoms with E-state index in [0.29, 0.717) is 0 Å². The number of hydrogen-bond acceptors (Lipinski definition) is 4. The molecule has 1 fully saturated rings. The van der Waals surface area contributed by atoms with Crippen molar-refractivity contribution in [3.8, 4) is 0 Å². The highest BCUT2D eigenvalue weighted by Crippen LogP contribution is 2.12. The Labute approximate surface area is 102 Å². The van der Waals surface area contributed by atoms with Crippen molar-refractivity contribution < 1.29 is 0 Å². The molecule has 1 atom stereocenters. The first kappa shape index (κ1) is 12.0. The van der Waals surface area contributed by atoms with Crippen molar-refractivity contribution in [2.24, 2.45) is 0 Å². The maximum Gasteiger partial charge on any atom is 0.0940 e. The van der Waals surface area contributed by atoms with Gasteiger partial charge < -0.3 is 5.32 Å². The van der Waals surface area contributed by atoms with Crippen LogP contribution in [0.25, 0.3) is 0 Å². The Bertz CT molecular complexity index is 324. The maximum absolute atomic E-state index is 4.52. The Morgan fingerprint density at radius 1 is 1.62 bits per heavy atom. The first-order chi connectivity index (χ1) is 7.79. The third-order valence-electron chi connectivity index (χ3n) is 3.22. The van der Waals surface area contributed by atoms with E-state index in [1.54, 1.807) is 11.3 Å². The van der Waals surface area contributed by atoms with Gasteiger partial charge in [-0.1, -0.05) is 6.92 Å². The molecule has 1 saturated heterocycles. The summed E-state index contributed by atoms with van der Waals surface area (Å²) in [6, 6.07) is 0.717. The summed E-state index contributed by atoms with van der Waals surface area (Å²) in [5.74, 6) is 0. The Hall–Kier alpha value is -0.450. The van der Waals surface area contributed by atoms with Gasteiger partial charge in [-0.15, -0.1) is 11.3 Å². The van der Waals surface area contributed by atoms with E-state index >= 15 is 0 Å². The van der Waals surface area contributed by atoms with Crippen LogP contribution in [-0.4, -0.2) is 42.1 Å². The molecular formula is C12H21N3S. The van der Waals surface area contributed by atoms with Crippen molar-refractivity contribution in [1.82, 2.24) is 15.2 Å². The number of aryl methyl sites for hydroxylation is 1. The van der Waals surface area contributed by atoms with Crippen molar-refractivity contribution in [1.29, 1.82) is 0 Å². The fourth-order valence-electron chi connectivity index (χ4n) is 2.26. The van der Waals surface area contributed by atoms with Gasteiger partial charge in [-0.3, -0.25) is 4.90 Å². The lowest BCUT2D eigenvalue weighted by Crippen LogP contribution is -2.51. The van der Waals surface area contributed by atoms with Gasteiger partial charge >= 0.3 is 0 Å². The van der Waals surface area contributed by atoms with Crippen molar-refractivity contribution in [2.75, 3.05) is 26.2 Å². The molecule has 90 valence electrons. The Kier molecular flexibility index (Phi) is 4.32. The molecule has 0 bridgehead atoms. The fraction of sp³-hybridized carbons (Fsp3) is 0.750. The zero-order chi connectivity index (χ0) is 11.4. The SMILES string of the molecule is CCC1CNCCN1CCc1nc(C)cs1. The number of thiazole rings is 1. The van der Waals surface area contributed by atoms with E-state index in [1.807, 2.05) is 0 Å². The van der Waals surface area contributed by atoms with Gasteiger partial charge in [0.05, 0.1) is 5.01 Å². The average Bonchev–Trinajstić information content (AvgIpc) is 2.73. The predicted octanol–water partition coefficient (Wildman–Crippen LogP) is 1.68. The summed E-state index contributed by atoms with van der Waals surface area (Å²) >= 11 is 1.79. The minimum Gasteiger partial charge on any atom is -0.314 e. The lowest BCUT2D eigenvalue weighted by Gasteiger charge is -2.35. The minimum atomic E-state index is 0.717. The van der Waals surface area contributed by atoms with Crippen LogP contribution in [0.15, 0.2) is 5.38 Å². The highest BCUT2D eigenvalue weighted by atomic mass is 32.1. The molecule has 1 aromatic heterocycles. The van der Waals surface area contributed by atoms with Crippen LogP contribution in [0.3, 0.4) is 0 Å². The van der Waals surface area contributed by atoms with E-state index in [4.69, 9.17) is 0 Å². The normalized spacial score (nSPS) is 22.5. The zero-order valence-electron chi connectivity index (χ0n) is 10.2. The van der Waals surface area contributed by atoms with Crippen LogP contribution < -0.4 is 5.32 Å². The van der Waals surface area contributed by atoms with E-state index in [2.05, 4.69) is 34.4 Å². The molecule has 3 nitrogen and oxygen atoms in total. The van der Waals surface area contributed by atoms with Gasteiger partial charge in [0, 0.05) is 49.7 Å². The van der Waals surface area contributed by atoms with Crippen LogP contribution in [0.2, 0.25) is 0 Å². The van der Waals surface area contributed by atoms with Crippen LogP contribution in [0.1, 0.15) is 24.0 Å². The summed E-state index contributed by atoms with van der Waals surface area (Å²) in [5, 5.41) is 6.89. The highest BCUT2D eigenvalue weighted by molar-refractivity contribution is 7.09. The van der Waals surface area contributed by atoms with E-state index in [1.165, 1.54) is 18.0 Å². The minimum absolute atomic E-state index is 0.717. The Morgan fingerprint density at radius 3 is 3.19 bits per heavy atom. The highest BCUT2D eigenvalue weighted by Gasteiger charge is 2.19. The first-order valence-electron chi connectivity index (χ1n) is 6.15. The molecule has 0 radical (unpaired) electrons. The molecular weight excluding hydrogens is 218 g/mol. The molecule has 0 spiro atoms. The second kappa shape index (κ2) is 5.75. The largest absolute Gasteiger partial charge is 0.314 e. The summed E-state index contributed by atoms with van der Waals surface area (Å²) in [4.78, 5) is 7.13. The maximum atomic E-state index is 4.52. The lowest BCUT2D eigenvalue weighted by atomic mass is 10.1. The first-order valence-corrected chi connectivity index (χ1v) is 7.03. The summed E-state index contributed by atoms with van der Waals surface area (Å²) in [6.07, 6.45) is 2.35. The number of nitrogens with zero attached hydrogens (tertiary/aromatic N) is 2. The van der Waals surface area contributed by atoms with Gasteiger partial charge in [0.2, 0.25) is 0 Å². The molecule has 16 heavy (non-hydrogen) atoms. The van der Waals surface area contributed by atoms with E-state index in [-0.39, 0.29) is 0 Å². The number of rotatable bonds is 4. The van der Waals surface area contributed by atoms with Crippen LogP contribution in [0.4, 0.5) is 0 Å². The Morgan fingerprint density at radius 2 is 2.50 bits per heavy atom. The average molecular weight is 239 g/mol. The van der Waals surface area contributed by atoms with E-state index in [9.17, 15) is 0 Å². The molecule has 1 aliphatic heterocycles. The molecule has 4 heteroatoms. The van der Waals surface area contributed by atoms with Gasteiger partial charge in [0.1, 0.15) is 0 Å². The number of nitrogens with one attached hydrogen (secondary N) is 1. The second-order valence-corrected chi connectivity index (χ2v) is 5.38. The lowest BCUT2D eigenvalue weighted by molar-refractivity contribution is 0.159. The molecule has 0 saturated carbocycles. The molecule has 0 aliphatic carbocycles. The van der Waals surface area contributed by atoms with Gasteiger partial charge in [-0.25, -0.2) is 4.98 Å². The standard InChI is InChI=1S/C12H21N3S/c1-3-11-8-13-5-7-15(11)6-4-12-14-10(2)9-16-12/h9,11,13H,3-8H2,1-2H3. The summed E-state index contributed by atoms with van der Waals surface area (Å²) in [6.45, 7) is 8.97. The van der Waals surface area contributed by atoms with Crippen LogP contribution in [0.5, 0.6) is 0 Å². The monoisotopic (exact) mass is 239 g/mol. The van der Waals surface area contributed by atoms with Crippen molar-refractivity contribution in [3.63, 3.8) is 0 Å². The van der Waals surface area contributed by atoms with Crippen molar-refractivity contribution in [2.45, 2.75) is 32.7 Å². The predicted molar refractivity (Wildman–Crippen MR) is 69.1 cm³/mol. The molecule has 0 amide bonds. The van der Waals surface area contributed by atoms with Gasteiger partial charge in [-0.2, -0.15) is 0 Å². The van der Waals surface area contributed by atoms with E-state index in [0.717, 1.165) is 37.8 Å². The molecule has 2 rings (SSSR count). The topological polar surface area (TPSA) is 28.2 Å². The van der Waals surface area contributed by atoms with Crippen molar-refractivity contribution in [3.05, 3.63) is 16.1 Å². The second-order valence-electron chi connectivity index (χ2n) is 4.43. The number of hydrogen-bond donors (Lipinski definition) is 1. The molecule has 1 aliphatic rings. The van der Waals surface area contributed by atoms with Gasteiger partial charge in [-0.05, 0) is 13.3 Å². The molecule has 2 heterocycles. The summed E-state index contributed by atoms with van der Waals surface area (Å²) < 4.78 is 0. The molecule has 1 unspecified atom stereocenters. The zero-order valence-corrected chi connectivity index (χ0v) is 11.0. The smallest absolute Gasteiger partial charge is 0.0940 e. The van der Waals surface area contributed by atoms with Crippen LogP contribution in [-0.2, 0) is 6.42 Å². The Balaban J connectivity index is 1.84. The molecule has 1 aromatic rings. The summed E-state index contributed by atoms with van der Waals surface area (Å²) in [7, 11) is 0. The molecule has 1 N–H and O–H groups in total. The number of aromatic nitrogens is 1. The van der Waals surface area contributed by atoms with Gasteiger partial charge in [0.15, 0.2) is 0 Å². The van der Waals surface area contributed by atoms with E-state index < -0.39 is 0 Å². The fourth-order valence-corrected chi connectivity index (χ4v) is 3.02. The van der Waals surface area contributed by atoms with Crippen molar-refractivity contribution >= 4 is 11.3 Å². The molecule has 0 aromatic carbocycles. The quantitative estimate of drug-likeness (QED) is 0.866. The van der Waals surface area contributed by atoms with Crippen LogP contribution in [0, 0.1) is 6.92 Å². The third kappa shape index (κ3) is 3.03. The third-order valence-corrected chi connectivity index (χ3v) is 4.25. The van der Waals surface area contributed by atoms with Gasteiger partial charge in [0.25, 0.3) is 0 Å².